The third kappa shape index (κ3) is 5.03. The van der Waals surface area contributed by atoms with Gasteiger partial charge in [-0.15, -0.1) is 0 Å². The average Bonchev–Trinajstić information content (AvgIpc) is 2.29. The van der Waals surface area contributed by atoms with Crippen molar-refractivity contribution in [2.75, 3.05) is 24.2 Å². The first-order valence-electron chi connectivity index (χ1n) is 5.79. The van der Waals surface area contributed by atoms with Gasteiger partial charge in [0.25, 0.3) is 0 Å². The smallest absolute Gasteiger partial charge is 0.232 e. The van der Waals surface area contributed by atoms with Gasteiger partial charge in [-0.1, -0.05) is 12.1 Å². The first-order chi connectivity index (χ1) is 8.44. The number of anilines is 1. The molecule has 102 valence electrons. The van der Waals surface area contributed by atoms with Gasteiger partial charge in [0.2, 0.25) is 10.0 Å². The van der Waals surface area contributed by atoms with E-state index in [2.05, 4.69) is 4.72 Å². The molecule has 0 aromatic heterocycles. The summed E-state index contributed by atoms with van der Waals surface area (Å²) in [6.07, 6.45) is 0.476. The van der Waals surface area contributed by atoms with Crippen LogP contribution in [0.4, 0.5) is 5.69 Å². The largest absolute Gasteiger partial charge is 0.385 e. The Hall–Kier alpha value is -1.11. The highest BCUT2D eigenvalue weighted by atomic mass is 32.2. The highest BCUT2D eigenvalue weighted by Crippen LogP contribution is 2.15. The van der Waals surface area contributed by atoms with Gasteiger partial charge in [0.05, 0.1) is 5.75 Å². The number of benzene rings is 1. The van der Waals surface area contributed by atoms with Gasteiger partial charge in [-0.05, 0) is 31.0 Å². The molecule has 1 rings (SSSR count). The zero-order valence-corrected chi connectivity index (χ0v) is 11.5. The summed E-state index contributed by atoms with van der Waals surface area (Å²) in [6.45, 7) is 2.31. The van der Waals surface area contributed by atoms with Crippen molar-refractivity contribution in [1.82, 2.24) is 0 Å². The molecule has 1 unspecified atom stereocenters. The Kier molecular flexibility index (Phi) is 5.58. The predicted octanol–water partition coefficient (Wildman–Crippen LogP) is 1.48. The second-order valence-corrected chi connectivity index (χ2v) is 6.02. The van der Waals surface area contributed by atoms with Gasteiger partial charge in [-0.25, -0.2) is 8.42 Å². The van der Waals surface area contributed by atoms with Crippen molar-refractivity contribution in [3.8, 4) is 0 Å². The Labute approximate surface area is 108 Å². The molecule has 1 atom stereocenters. The van der Waals surface area contributed by atoms with Crippen molar-refractivity contribution < 1.29 is 13.2 Å². The number of sulfonamides is 1. The van der Waals surface area contributed by atoms with Crippen molar-refractivity contribution in [2.45, 2.75) is 19.4 Å². The van der Waals surface area contributed by atoms with Crippen molar-refractivity contribution in [3.63, 3.8) is 0 Å². The minimum Gasteiger partial charge on any atom is -0.385 e. The minimum absolute atomic E-state index is 0.0515. The molecular formula is C12H20N2O3S. The highest BCUT2D eigenvalue weighted by molar-refractivity contribution is 7.92. The van der Waals surface area contributed by atoms with Crippen LogP contribution in [-0.2, 0) is 14.8 Å². The van der Waals surface area contributed by atoms with E-state index in [1.165, 1.54) is 0 Å². The van der Waals surface area contributed by atoms with Crippen LogP contribution < -0.4 is 10.5 Å². The second-order valence-electron chi connectivity index (χ2n) is 4.18. The fourth-order valence-electron chi connectivity index (χ4n) is 1.48. The molecular weight excluding hydrogens is 252 g/mol. The van der Waals surface area contributed by atoms with Crippen LogP contribution in [0.1, 0.15) is 24.9 Å². The molecule has 0 amide bonds. The fourth-order valence-corrected chi connectivity index (χ4v) is 2.57. The molecule has 1 aromatic rings. The fraction of sp³-hybridized carbons (Fsp3) is 0.500. The van der Waals surface area contributed by atoms with Crippen LogP contribution in [0.5, 0.6) is 0 Å². The molecule has 0 heterocycles. The molecule has 6 heteroatoms. The van der Waals surface area contributed by atoms with Crippen LogP contribution >= 0.6 is 0 Å². The van der Waals surface area contributed by atoms with Crippen LogP contribution in [0.2, 0.25) is 0 Å². The lowest BCUT2D eigenvalue weighted by atomic mass is 10.1. The maximum Gasteiger partial charge on any atom is 0.232 e. The third-order valence-corrected chi connectivity index (χ3v) is 3.84. The van der Waals surface area contributed by atoms with E-state index in [0.717, 1.165) is 5.56 Å². The summed E-state index contributed by atoms with van der Waals surface area (Å²) >= 11 is 0. The van der Waals surface area contributed by atoms with E-state index >= 15 is 0 Å². The predicted molar refractivity (Wildman–Crippen MR) is 72.9 cm³/mol. The summed E-state index contributed by atoms with van der Waals surface area (Å²) in [4.78, 5) is 0. The van der Waals surface area contributed by atoms with Gasteiger partial charge in [-0.2, -0.15) is 0 Å². The average molecular weight is 272 g/mol. The molecule has 0 saturated heterocycles. The number of hydrogen-bond donors (Lipinski definition) is 2. The van der Waals surface area contributed by atoms with Crippen LogP contribution in [-0.4, -0.2) is 27.9 Å². The second kappa shape index (κ2) is 6.72. The standard InChI is InChI=1S/C12H20N2O3S/c1-10(13)11-4-6-12(7-5-11)14-18(15,16)9-3-8-17-2/h4-7,10,14H,3,8-9,13H2,1-2H3. The van der Waals surface area contributed by atoms with Crippen LogP contribution in [0, 0.1) is 0 Å². The van der Waals surface area contributed by atoms with Gasteiger partial charge < -0.3 is 10.5 Å². The minimum atomic E-state index is -3.30. The monoisotopic (exact) mass is 272 g/mol. The topological polar surface area (TPSA) is 81.4 Å². The Balaban J connectivity index is 2.61. The number of nitrogens with one attached hydrogen (secondary N) is 1. The van der Waals surface area contributed by atoms with E-state index in [1.54, 1.807) is 19.2 Å². The molecule has 0 aliphatic rings. The van der Waals surface area contributed by atoms with Gasteiger partial charge >= 0.3 is 0 Å². The molecule has 3 N–H and O–H groups in total. The molecule has 0 aliphatic heterocycles. The number of ether oxygens (including phenoxy) is 1. The summed E-state index contributed by atoms with van der Waals surface area (Å²) in [5, 5.41) is 0. The van der Waals surface area contributed by atoms with Gasteiger partial charge in [0.15, 0.2) is 0 Å². The number of methoxy groups -OCH3 is 1. The van der Waals surface area contributed by atoms with Crippen LogP contribution in [0.3, 0.4) is 0 Å². The van der Waals surface area contributed by atoms with Crippen LogP contribution in [0.15, 0.2) is 24.3 Å². The maximum atomic E-state index is 11.7. The Morgan fingerprint density at radius 1 is 1.33 bits per heavy atom. The Morgan fingerprint density at radius 2 is 1.94 bits per heavy atom. The van der Waals surface area contributed by atoms with E-state index in [4.69, 9.17) is 10.5 Å². The summed E-state index contributed by atoms with van der Waals surface area (Å²) in [5.74, 6) is 0.0515. The lowest BCUT2D eigenvalue weighted by Gasteiger charge is -2.10. The quantitative estimate of drug-likeness (QED) is 0.737. The summed E-state index contributed by atoms with van der Waals surface area (Å²) in [7, 11) is -1.75. The Bertz CT molecular complexity index is 455. The van der Waals surface area contributed by atoms with Crippen molar-refractivity contribution in [2.24, 2.45) is 5.73 Å². The molecule has 0 radical (unpaired) electrons. The summed E-state index contributed by atoms with van der Waals surface area (Å²) in [5.41, 5.74) is 7.24. The van der Waals surface area contributed by atoms with Crippen LogP contribution in [0.25, 0.3) is 0 Å². The third-order valence-electron chi connectivity index (χ3n) is 2.47. The van der Waals surface area contributed by atoms with E-state index in [9.17, 15) is 8.42 Å². The lowest BCUT2D eigenvalue weighted by molar-refractivity contribution is 0.199. The molecule has 0 aliphatic carbocycles. The zero-order valence-electron chi connectivity index (χ0n) is 10.7. The SMILES string of the molecule is COCCCS(=O)(=O)Nc1ccc(C(C)N)cc1. The first kappa shape index (κ1) is 14.9. The van der Waals surface area contributed by atoms with Crippen molar-refractivity contribution >= 4 is 15.7 Å². The molecule has 0 spiro atoms. The van der Waals surface area contributed by atoms with Crippen molar-refractivity contribution in [3.05, 3.63) is 29.8 Å². The Morgan fingerprint density at radius 3 is 2.44 bits per heavy atom. The molecule has 0 saturated carbocycles. The van der Waals surface area contributed by atoms with Gasteiger partial charge in [0, 0.05) is 25.4 Å². The number of nitrogens with two attached hydrogens (primary N) is 1. The first-order valence-corrected chi connectivity index (χ1v) is 7.45. The maximum absolute atomic E-state index is 11.7. The van der Waals surface area contributed by atoms with E-state index in [-0.39, 0.29) is 11.8 Å². The normalized spacial score (nSPS) is 13.3. The molecule has 1 aromatic carbocycles. The van der Waals surface area contributed by atoms with E-state index in [1.807, 2.05) is 19.1 Å². The summed E-state index contributed by atoms with van der Waals surface area (Å²) in [6, 6.07) is 7.01. The summed E-state index contributed by atoms with van der Waals surface area (Å²) < 4.78 is 30.7. The van der Waals surface area contributed by atoms with E-state index < -0.39 is 10.0 Å². The van der Waals surface area contributed by atoms with E-state index in [0.29, 0.717) is 18.7 Å². The highest BCUT2D eigenvalue weighted by Gasteiger charge is 2.10. The number of rotatable bonds is 7. The molecule has 0 fully saturated rings. The lowest BCUT2D eigenvalue weighted by Crippen LogP contribution is -2.17. The molecule has 0 bridgehead atoms. The zero-order chi connectivity index (χ0) is 13.6. The van der Waals surface area contributed by atoms with Gasteiger partial charge in [0.1, 0.15) is 0 Å². The number of hydrogen-bond acceptors (Lipinski definition) is 4. The van der Waals surface area contributed by atoms with Crippen molar-refractivity contribution in [1.29, 1.82) is 0 Å². The van der Waals surface area contributed by atoms with Gasteiger partial charge in [-0.3, -0.25) is 4.72 Å². The molecule has 18 heavy (non-hydrogen) atoms. The molecule has 5 nitrogen and oxygen atoms in total.